The van der Waals surface area contributed by atoms with Gasteiger partial charge in [0.2, 0.25) is 41.4 Å². The van der Waals surface area contributed by atoms with Crippen LogP contribution in [0, 0.1) is 5.92 Å². The van der Waals surface area contributed by atoms with Gasteiger partial charge in [0, 0.05) is 19.4 Å². The van der Waals surface area contributed by atoms with Crippen LogP contribution in [-0.2, 0) is 47.8 Å². The molecule has 7 amide bonds. The highest BCUT2D eigenvalue weighted by Gasteiger charge is 2.22. The van der Waals surface area contributed by atoms with E-state index >= 15 is 0 Å². The summed E-state index contributed by atoms with van der Waals surface area (Å²) in [5.41, 5.74) is 5.35. The maximum atomic E-state index is 12.8. The van der Waals surface area contributed by atoms with Gasteiger partial charge in [-0.2, -0.15) is 0 Å². The predicted octanol–water partition coefficient (Wildman–Crippen LogP) is -5.14. The molecule has 0 aliphatic rings. The second-order valence-electron chi connectivity index (χ2n) is 10.5. The minimum atomic E-state index is -1.44. The zero-order valence-corrected chi connectivity index (χ0v) is 28.6. The molecule has 0 bridgehead atoms. The van der Waals surface area contributed by atoms with E-state index in [-0.39, 0.29) is 37.8 Å². The molecule has 20 nitrogen and oxygen atoms in total. The lowest BCUT2D eigenvalue weighted by molar-refractivity contribution is -0.146. The molecular formula is C29H51N9O11. The number of amides is 7. The lowest BCUT2D eigenvalue weighted by Gasteiger charge is -2.24. The first kappa shape index (κ1) is 44.2. The van der Waals surface area contributed by atoms with Crippen LogP contribution < -0.4 is 37.6 Å². The monoisotopic (exact) mass is 701 g/mol. The zero-order valence-electron chi connectivity index (χ0n) is 28.6. The van der Waals surface area contributed by atoms with Gasteiger partial charge in [0.25, 0.3) is 0 Å². The number of aliphatic hydroxyl groups excluding tert-OH is 1. The third-order valence-corrected chi connectivity index (χ3v) is 6.81. The van der Waals surface area contributed by atoms with E-state index in [1.165, 1.54) is 7.11 Å². The number of ether oxygens (including phenoxy) is 2. The second-order valence-corrected chi connectivity index (χ2v) is 10.5. The van der Waals surface area contributed by atoms with Crippen molar-refractivity contribution in [1.82, 2.24) is 41.7 Å². The molecule has 0 aliphatic heterocycles. The summed E-state index contributed by atoms with van der Waals surface area (Å²) in [6.45, 7) is 4.00. The van der Waals surface area contributed by atoms with Crippen LogP contribution in [0.25, 0.3) is 0 Å². The molecule has 0 fully saturated rings. The average Bonchev–Trinajstić information content (AvgIpc) is 3.09. The van der Waals surface area contributed by atoms with Gasteiger partial charge in [-0.15, -0.1) is 0 Å². The highest BCUT2D eigenvalue weighted by molar-refractivity contribution is 5.92. The second kappa shape index (κ2) is 25.2. The van der Waals surface area contributed by atoms with Crippen molar-refractivity contribution in [2.45, 2.75) is 33.0 Å². The van der Waals surface area contributed by atoms with Crippen LogP contribution in [0.15, 0.2) is 12.3 Å². The van der Waals surface area contributed by atoms with E-state index in [0.717, 1.165) is 29.8 Å². The molecule has 278 valence electrons. The molecule has 20 heteroatoms. The molecule has 0 rings (SSSR count). The number of nitrogens with zero attached hydrogens (tertiary/aromatic N) is 2. The zero-order chi connectivity index (χ0) is 37.4. The first-order chi connectivity index (χ1) is 23.2. The third-order valence-electron chi connectivity index (χ3n) is 6.81. The highest BCUT2D eigenvalue weighted by atomic mass is 16.6. The normalized spacial score (nSPS) is 11.0. The topological polar surface area (TPSA) is 280 Å². The van der Waals surface area contributed by atoms with Crippen molar-refractivity contribution in [3.05, 3.63) is 12.3 Å². The minimum Gasteiger partial charge on any atom is -0.468 e. The van der Waals surface area contributed by atoms with Crippen molar-refractivity contribution >= 4 is 47.3 Å². The number of nitrogens with one attached hydrogen (secondary N) is 6. The molecule has 1 atom stereocenters. The Morgan fingerprint density at radius 3 is 1.69 bits per heavy atom. The first-order valence-corrected chi connectivity index (χ1v) is 15.5. The van der Waals surface area contributed by atoms with Gasteiger partial charge in [-0.3, -0.25) is 38.4 Å². The Kier molecular flexibility index (Phi) is 22.7. The van der Waals surface area contributed by atoms with E-state index in [0.29, 0.717) is 12.5 Å². The summed E-state index contributed by atoms with van der Waals surface area (Å²) in [6, 6.07) is 0. The molecule has 9 N–H and O–H groups in total. The van der Waals surface area contributed by atoms with Crippen LogP contribution >= 0.6 is 0 Å². The predicted molar refractivity (Wildman–Crippen MR) is 174 cm³/mol. The fourth-order valence-corrected chi connectivity index (χ4v) is 3.72. The van der Waals surface area contributed by atoms with Gasteiger partial charge in [0.15, 0.2) is 6.29 Å². The number of methoxy groups -OCH3 is 2. The third kappa shape index (κ3) is 20.9. The van der Waals surface area contributed by atoms with Crippen LogP contribution in [-0.4, -0.2) is 155 Å². The molecular weight excluding hydrogens is 650 g/mol. The molecule has 0 aromatic rings. The lowest BCUT2D eigenvalue weighted by atomic mass is 10.0. The summed E-state index contributed by atoms with van der Waals surface area (Å²) in [7, 11) is 2.29. The Morgan fingerprint density at radius 2 is 1.16 bits per heavy atom. The van der Waals surface area contributed by atoms with E-state index in [4.69, 9.17) is 10.5 Å². The first-order valence-electron chi connectivity index (χ1n) is 15.5. The Morgan fingerprint density at radius 1 is 0.673 bits per heavy atom. The summed E-state index contributed by atoms with van der Waals surface area (Å²) in [5, 5.41) is 24.5. The number of hydrogen-bond acceptors (Lipinski definition) is 13. The number of carbonyl (C=O) groups is 8. The fraction of sp³-hybridized carbons (Fsp3) is 0.655. The largest absolute Gasteiger partial charge is 0.468 e. The summed E-state index contributed by atoms with van der Waals surface area (Å²) in [6.07, 6.45) is 0.403. The number of nitrogens with two attached hydrogens (primary N) is 1. The fourth-order valence-electron chi connectivity index (χ4n) is 3.72. The van der Waals surface area contributed by atoms with Gasteiger partial charge in [-0.1, -0.05) is 33.3 Å². The quantitative estimate of drug-likeness (QED) is 0.0327. The number of esters is 1. The minimum absolute atomic E-state index is 0.171. The number of carbonyl (C=O) groups excluding carboxylic acids is 8. The summed E-state index contributed by atoms with van der Waals surface area (Å²) in [4.78, 5) is 99.3. The molecule has 0 radical (unpaired) electrons. The van der Waals surface area contributed by atoms with Crippen molar-refractivity contribution in [3.8, 4) is 0 Å². The molecule has 0 spiro atoms. The van der Waals surface area contributed by atoms with E-state index in [9.17, 15) is 43.5 Å². The molecule has 0 aromatic carbocycles. The number of aliphatic hydroxyl groups is 1. The van der Waals surface area contributed by atoms with Crippen LogP contribution in [0.3, 0.4) is 0 Å². The van der Waals surface area contributed by atoms with Gasteiger partial charge in [-0.05, 0) is 5.92 Å². The van der Waals surface area contributed by atoms with Crippen molar-refractivity contribution in [2.75, 3.05) is 86.2 Å². The van der Waals surface area contributed by atoms with E-state index in [1.807, 2.05) is 13.8 Å². The van der Waals surface area contributed by atoms with Gasteiger partial charge < -0.3 is 62.0 Å². The Labute approximate surface area is 285 Å². The van der Waals surface area contributed by atoms with Gasteiger partial charge >= 0.3 is 5.97 Å². The molecule has 0 aromatic heterocycles. The number of rotatable bonds is 25. The Balaban J connectivity index is 4.89. The van der Waals surface area contributed by atoms with Gasteiger partial charge in [0.1, 0.15) is 6.54 Å². The maximum absolute atomic E-state index is 12.8. The van der Waals surface area contributed by atoms with Crippen LogP contribution in [0.5, 0.6) is 0 Å². The molecule has 0 saturated carbocycles. The Hall–Kier alpha value is -4.82. The van der Waals surface area contributed by atoms with Gasteiger partial charge in [0.05, 0.1) is 66.0 Å². The average molecular weight is 702 g/mol. The van der Waals surface area contributed by atoms with Gasteiger partial charge in [-0.25, -0.2) is 0 Å². The molecule has 0 heterocycles. The van der Waals surface area contributed by atoms with Crippen LogP contribution in [0.1, 0.15) is 26.7 Å². The lowest BCUT2D eigenvalue weighted by Crippen LogP contribution is -2.50. The van der Waals surface area contributed by atoms with Crippen molar-refractivity contribution in [3.63, 3.8) is 0 Å². The standard InChI is InChI=1S/C29H51N9O11/c1-6-20(7-2)9-32-23(41)11-33-22(40)10-31-19(3)15-37(17-28(46)48-4)26(44)14-36-24(42)12-34-25(43)16-38(18-29(47)49-5)27(45)13-35-21(39)8-30/h20,29,31,47H,3,6-18,30H2,1-2,4-5H3,(H,32,41)(H,33,40)(H,34,43)(H,35,39)(H,36,42)/t29-/m0/s1. The van der Waals surface area contributed by atoms with E-state index in [1.54, 1.807) is 0 Å². The van der Waals surface area contributed by atoms with E-state index < -0.39 is 87.0 Å². The summed E-state index contributed by atoms with van der Waals surface area (Å²) >= 11 is 0. The summed E-state index contributed by atoms with van der Waals surface area (Å²) < 4.78 is 9.32. The molecule has 0 aliphatic carbocycles. The maximum Gasteiger partial charge on any atom is 0.325 e. The van der Waals surface area contributed by atoms with Crippen molar-refractivity contribution in [2.24, 2.45) is 11.7 Å². The van der Waals surface area contributed by atoms with Crippen LogP contribution in [0.4, 0.5) is 0 Å². The van der Waals surface area contributed by atoms with Crippen LogP contribution in [0.2, 0.25) is 0 Å². The van der Waals surface area contributed by atoms with Crippen molar-refractivity contribution in [1.29, 1.82) is 0 Å². The summed E-state index contributed by atoms with van der Waals surface area (Å²) in [5.74, 6) is -4.93. The highest BCUT2D eigenvalue weighted by Crippen LogP contribution is 2.04. The molecule has 0 unspecified atom stereocenters. The molecule has 0 saturated heterocycles. The van der Waals surface area contributed by atoms with E-state index in [2.05, 4.69) is 43.2 Å². The molecule has 49 heavy (non-hydrogen) atoms. The number of hydrogen-bond donors (Lipinski definition) is 8. The van der Waals surface area contributed by atoms with Crippen molar-refractivity contribution < 1.29 is 52.9 Å². The Bertz CT molecular complexity index is 1150. The smallest absolute Gasteiger partial charge is 0.325 e. The SMILES string of the molecule is C=C(CN(CC(=O)OC)C(=O)CNC(=O)CNC(=O)CN(C[C@@H](O)OC)C(=O)CNC(=O)CN)NCC(=O)NCC(=O)NCC(CC)CC.